The zero-order valence-corrected chi connectivity index (χ0v) is 6.53. The fourth-order valence-corrected chi connectivity index (χ4v) is 0.960. The van der Waals surface area contributed by atoms with E-state index in [2.05, 4.69) is 15.1 Å². The summed E-state index contributed by atoms with van der Waals surface area (Å²) in [6.07, 6.45) is 1.62. The van der Waals surface area contributed by atoms with Gasteiger partial charge in [-0.1, -0.05) is 5.16 Å². The lowest BCUT2D eigenvalue weighted by Crippen LogP contribution is -1.85. The molecule has 2 rings (SSSR count). The zero-order valence-electron chi connectivity index (χ0n) is 6.53. The van der Waals surface area contributed by atoms with Crippen LogP contribution in [0.2, 0.25) is 0 Å². The van der Waals surface area contributed by atoms with E-state index >= 15 is 0 Å². The molecule has 0 aromatic carbocycles. The number of anilines is 1. The summed E-state index contributed by atoms with van der Waals surface area (Å²) in [6, 6.07) is 1.81. The standard InChI is InChI=1S/C7H8N4O/c1-4-2-5(11-12-4)6-3-9-7(8)10-6/h2-3H,1H3,(H3,8,9,10). The van der Waals surface area contributed by atoms with Gasteiger partial charge in [0.25, 0.3) is 0 Å². The maximum Gasteiger partial charge on any atom is 0.197 e. The van der Waals surface area contributed by atoms with Crippen LogP contribution < -0.4 is 5.73 Å². The molecular formula is C7H8N4O. The predicted molar refractivity (Wildman–Crippen MR) is 43.2 cm³/mol. The van der Waals surface area contributed by atoms with Crippen molar-refractivity contribution in [2.45, 2.75) is 6.92 Å². The van der Waals surface area contributed by atoms with Gasteiger partial charge in [0.05, 0.1) is 11.9 Å². The highest BCUT2D eigenvalue weighted by molar-refractivity contribution is 5.54. The van der Waals surface area contributed by atoms with Gasteiger partial charge in [-0.3, -0.25) is 0 Å². The molecule has 0 saturated carbocycles. The quantitative estimate of drug-likeness (QED) is 0.657. The first-order valence-electron chi connectivity index (χ1n) is 3.50. The summed E-state index contributed by atoms with van der Waals surface area (Å²) in [7, 11) is 0. The lowest BCUT2D eigenvalue weighted by Gasteiger charge is -1.84. The van der Waals surface area contributed by atoms with Crippen LogP contribution in [-0.4, -0.2) is 15.1 Å². The normalized spacial score (nSPS) is 10.4. The molecule has 2 aromatic heterocycles. The first-order chi connectivity index (χ1) is 5.75. The summed E-state index contributed by atoms with van der Waals surface area (Å²) in [4.78, 5) is 6.69. The Bertz CT molecular complexity index is 351. The fourth-order valence-electron chi connectivity index (χ4n) is 0.960. The number of nitrogen functional groups attached to an aromatic ring is 1. The Labute approximate surface area is 68.6 Å². The monoisotopic (exact) mass is 164 g/mol. The second-order valence-corrected chi connectivity index (χ2v) is 2.50. The van der Waals surface area contributed by atoms with Crippen LogP contribution >= 0.6 is 0 Å². The molecule has 0 aliphatic heterocycles. The molecule has 3 N–H and O–H groups in total. The first-order valence-corrected chi connectivity index (χ1v) is 3.50. The molecule has 0 amide bonds. The van der Waals surface area contributed by atoms with Gasteiger partial charge < -0.3 is 15.2 Å². The van der Waals surface area contributed by atoms with E-state index in [4.69, 9.17) is 10.3 Å². The molecule has 0 aliphatic rings. The van der Waals surface area contributed by atoms with Gasteiger partial charge in [-0.15, -0.1) is 0 Å². The number of aromatic amines is 1. The van der Waals surface area contributed by atoms with E-state index in [0.29, 0.717) is 5.95 Å². The molecule has 0 fully saturated rings. The SMILES string of the molecule is Cc1cc(-c2cnc(N)[nH]2)no1. The Balaban J connectivity index is 2.43. The van der Waals surface area contributed by atoms with Crippen molar-refractivity contribution in [2.24, 2.45) is 0 Å². The topological polar surface area (TPSA) is 80.7 Å². The molecule has 0 atom stereocenters. The second kappa shape index (κ2) is 2.37. The third kappa shape index (κ3) is 1.05. The molecule has 0 unspecified atom stereocenters. The molecular weight excluding hydrogens is 156 g/mol. The Morgan fingerprint density at radius 1 is 1.58 bits per heavy atom. The van der Waals surface area contributed by atoms with E-state index < -0.39 is 0 Å². The number of rotatable bonds is 1. The van der Waals surface area contributed by atoms with Crippen LogP contribution in [0.15, 0.2) is 16.8 Å². The summed E-state index contributed by atoms with van der Waals surface area (Å²) >= 11 is 0. The van der Waals surface area contributed by atoms with Crippen LogP contribution in [0.5, 0.6) is 0 Å². The molecule has 5 heteroatoms. The largest absolute Gasteiger partial charge is 0.369 e. The number of nitrogens with zero attached hydrogens (tertiary/aromatic N) is 2. The van der Waals surface area contributed by atoms with Crippen molar-refractivity contribution in [1.29, 1.82) is 0 Å². The van der Waals surface area contributed by atoms with Gasteiger partial charge in [0.2, 0.25) is 0 Å². The number of H-pyrrole nitrogens is 1. The first kappa shape index (κ1) is 6.90. The molecule has 12 heavy (non-hydrogen) atoms. The van der Waals surface area contributed by atoms with Crippen molar-refractivity contribution in [3.63, 3.8) is 0 Å². The minimum atomic E-state index is 0.380. The van der Waals surface area contributed by atoms with Crippen LogP contribution in [0.25, 0.3) is 11.4 Å². The van der Waals surface area contributed by atoms with Gasteiger partial charge in [-0.05, 0) is 6.92 Å². The fraction of sp³-hybridized carbons (Fsp3) is 0.143. The molecule has 0 saturated heterocycles. The summed E-state index contributed by atoms with van der Waals surface area (Å²) < 4.78 is 4.89. The number of hydrogen-bond acceptors (Lipinski definition) is 4. The minimum Gasteiger partial charge on any atom is -0.369 e. The maximum atomic E-state index is 5.40. The average molecular weight is 164 g/mol. The molecule has 0 aliphatic carbocycles. The van der Waals surface area contributed by atoms with Crippen LogP contribution in [0.1, 0.15) is 5.76 Å². The van der Waals surface area contributed by atoms with Gasteiger partial charge in [-0.25, -0.2) is 4.98 Å². The number of imidazole rings is 1. The third-order valence-corrected chi connectivity index (χ3v) is 1.50. The molecule has 0 bridgehead atoms. The van der Waals surface area contributed by atoms with E-state index in [1.165, 1.54) is 0 Å². The van der Waals surface area contributed by atoms with E-state index in [1.54, 1.807) is 6.20 Å². The van der Waals surface area contributed by atoms with Crippen molar-refractivity contribution in [1.82, 2.24) is 15.1 Å². The number of hydrogen-bond donors (Lipinski definition) is 2. The van der Waals surface area contributed by atoms with Crippen molar-refractivity contribution in [3.05, 3.63) is 18.0 Å². The molecule has 2 aromatic rings. The predicted octanol–water partition coefficient (Wildman–Crippen LogP) is 0.955. The Hall–Kier alpha value is -1.78. The van der Waals surface area contributed by atoms with E-state index in [9.17, 15) is 0 Å². The highest BCUT2D eigenvalue weighted by Gasteiger charge is 2.05. The van der Waals surface area contributed by atoms with Crippen molar-refractivity contribution in [2.75, 3.05) is 5.73 Å². The molecule has 62 valence electrons. The number of nitrogens with two attached hydrogens (primary N) is 1. The summed E-state index contributed by atoms with van der Waals surface area (Å²) in [5.74, 6) is 1.14. The van der Waals surface area contributed by atoms with Crippen molar-refractivity contribution < 1.29 is 4.52 Å². The van der Waals surface area contributed by atoms with Gasteiger partial charge in [0.1, 0.15) is 11.5 Å². The molecule has 2 heterocycles. The van der Waals surface area contributed by atoms with Crippen LogP contribution in [0.4, 0.5) is 5.95 Å². The summed E-state index contributed by atoms with van der Waals surface area (Å²) in [5, 5.41) is 3.80. The molecule has 0 spiro atoms. The van der Waals surface area contributed by atoms with E-state index in [1.807, 2.05) is 13.0 Å². The van der Waals surface area contributed by atoms with Crippen LogP contribution in [-0.2, 0) is 0 Å². The van der Waals surface area contributed by atoms with E-state index in [-0.39, 0.29) is 0 Å². The number of nitrogens with one attached hydrogen (secondary N) is 1. The minimum absolute atomic E-state index is 0.380. The number of aryl methyl sites for hydroxylation is 1. The average Bonchev–Trinajstić information content (AvgIpc) is 2.58. The van der Waals surface area contributed by atoms with Gasteiger partial charge in [-0.2, -0.15) is 0 Å². The lowest BCUT2D eigenvalue weighted by molar-refractivity contribution is 0.399. The smallest absolute Gasteiger partial charge is 0.197 e. The second-order valence-electron chi connectivity index (χ2n) is 2.50. The van der Waals surface area contributed by atoms with Gasteiger partial charge in [0, 0.05) is 6.07 Å². The Kier molecular flexibility index (Phi) is 1.36. The van der Waals surface area contributed by atoms with Gasteiger partial charge in [0.15, 0.2) is 5.95 Å². The lowest BCUT2D eigenvalue weighted by atomic mass is 10.3. The number of aromatic nitrogens is 3. The van der Waals surface area contributed by atoms with Crippen molar-refractivity contribution >= 4 is 5.95 Å². The van der Waals surface area contributed by atoms with Crippen LogP contribution in [0, 0.1) is 6.92 Å². The Morgan fingerprint density at radius 2 is 2.42 bits per heavy atom. The van der Waals surface area contributed by atoms with Crippen LogP contribution in [0.3, 0.4) is 0 Å². The highest BCUT2D eigenvalue weighted by atomic mass is 16.5. The highest BCUT2D eigenvalue weighted by Crippen LogP contribution is 2.16. The van der Waals surface area contributed by atoms with Crippen molar-refractivity contribution in [3.8, 4) is 11.4 Å². The zero-order chi connectivity index (χ0) is 8.55. The summed E-state index contributed by atoms with van der Waals surface area (Å²) in [5.41, 5.74) is 6.88. The maximum absolute atomic E-state index is 5.40. The Morgan fingerprint density at radius 3 is 2.92 bits per heavy atom. The van der Waals surface area contributed by atoms with Gasteiger partial charge >= 0.3 is 0 Å². The molecule has 0 radical (unpaired) electrons. The molecule has 5 nitrogen and oxygen atoms in total. The summed E-state index contributed by atoms with van der Waals surface area (Å²) in [6.45, 7) is 1.83. The van der Waals surface area contributed by atoms with E-state index in [0.717, 1.165) is 17.1 Å². The third-order valence-electron chi connectivity index (χ3n) is 1.50.